The van der Waals surface area contributed by atoms with Crippen LogP contribution in [0.3, 0.4) is 0 Å². The molecule has 1 aromatic rings. The van der Waals surface area contributed by atoms with Crippen LogP contribution in [0.5, 0.6) is 0 Å². The van der Waals surface area contributed by atoms with Crippen molar-refractivity contribution in [3.05, 3.63) is 35.9 Å². The number of nitrogens with one attached hydrogen (secondary N) is 1. The van der Waals surface area contributed by atoms with Gasteiger partial charge in [0.05, 0.1) is 0 Å². The van der Waals surface area contributed by atoms with E-state index in [0.29, 0.717) is 5.41 Å². The van der Waals surface area contributed by atoms with E-state index >= 15 is 0 Å². The minimum atomic E-state index is 0.0904. The minimum Gasteiger partial charge on any atom is -0.323 e. The van der Waals surface area contributed by atoms with Gasteiger partial charge in [-0.1, -0.05) is 70.4 Å². The third kappa shape index (κ3) is 6.74. The van der Waals surface area contributed by atoms with Gasteiger partial charge in [-0.3, -0.25) is 0 Å². The molecule has 2 nitrogen and oxygen atoms in total. The van der Waals surface area contributed by atoms with Gasteiger partial charge in [-0.05, 0) is 17.4 Å². The van der Waals surface area contributed by atoms with Crippen molar-refractivity contribution >= 4 is 0 Å². The molecular formula is C17H30N2. The highest BCUT2D eigenvalue weighted by molar-refractivity contribution is 5.18. The molecule has 19 heavy (non-hydrogen) atoms. The Morgan fingerprint density at radius 3 is 2.47 bits per heavy atom. The van der Waals surface area contributed by atoms with Crippen molar-refractivity contribution in [3.8, 4) is 0 Å². The van der Waals surface area contributed by atoms with Gasteiger partial charge in [-0.25, -0.2) is 0 Å². The second-order valence-corrected chi connectivity index (χ2v) is 6.27. The SMILES string of the molecule is CCCCCC(C)(C)CNCC(N)c1ccccc1. The van der Waals surface area contributed by atoms with E-state index in [1.54, 1.807) is 0 Å². The number of rotatable bonds is 9. The maximum absolute atomic E-state index is 6.18. The van der Waals surface area contributed by atoms with E-state index < -0.39 is 0 Å². The molecule has 0 heterocycles. The van der Waals surface area contributed by atoms with E-state index in [4.69, 9.17) is 5.73 Å². The monoisotopic (exact) mass is 262 g/mol. The van der Waals surface area contributed by atoms with E-state index in [1.807, 2.05) is 18.2 Å². The normalized spacial score (nSPS) is 13.5. The predicted octanol–water partition coefficient (Wildman–Crippen LogP) is 3.88. The number of nitrogens with two attached hydrogens (primary N) is 1. The van der Waals surface area contributed by atoms with Crippen LogP contribution in [0, 0.1) is 5.41 Å². The summed E-state index contributed by atoms with van der Waals surface area (Å²) in [5, 5.41) is 3.53. The van der Waals surface area contributed by atoms with Gasteiger partial charge in [0.15, 0.2) is 0 Å². The predicted molar refractivity (Wildman–Crippen MR) is 84.2 cm³/mol. The van der Waals surface area contributed by atoms with Crippen LogP contribution < -0.4 is 11.1 Å². The highest BCUT2D eigenvalue weighted by atomic mass is 14.9. The number of benzene rings is 1. The van der Waals surface area contributed by atoms with Gasteiger partial charge in [0.25, 0.3) is 0 Å². The molecule has 0 amide bonds. The molecule has 1 rings (SSSR count). The van der Waals surface area contributed by atoms with Crippen molar-refractivity contribution in [2.45, 2.75) is 52.5 Å². The summed E-state index contributed by atoms with van der Waals surface area (Å²) in [6.07, 6.45) is 5.25. The lowest BCUT2D eigenvalue weighted by Crippen LogP contribution is -2.34. The van der Waals surface area contributed by atoms with Gasteiger partial charge in [0.1, 0.15) is 0 Å². The second-order valence-electron chi connectivity index (χ2n) is 6.27. The fourth-order valence-electron chi connectivity index (χ4n) is 2.33. The Morgan fingerprint density at radius 2 is 1.84 bits per heavy atom. The average molecular weight is 262 g/mol. The van der Waals surface area contributed by atoms with Crippen molar-refractivity contribution in [2.24, 2.45) is 11.1 Å². The lowest BCUT2D eigenvalue weighted by molar-refractivity contribution is 0.300. The highest BCUT2D eigenvalue weighted by Gasteiger charge is 2.17. The lowest BCUT2D eigenvalue weighted by Gasteiger charge is -2.26. The first-order valence-corrected chi connectivity index (χ1v) is 7.56. The molecular weight excluding hydrogens is 232 g/mol. The molecule has 0 aromatic heterocycles. The molecule has 1 unspecified atom stereocenters. The van der Waals surface area contributed by atoms with Crippen molar-refractivity contribution in [1.29, 1.82) is 0 Å². The third-order valence-corrected chi connectivity index (χ3v) is 3.65. The summed E-state index contributed by atoms with van der Waals surface area (Å²) >= 11 is 0. The summed E-state index contributed by atoms with van der Waals surface area (Å²) in [5.41, 5.74) is 7.76. The Bertz CT molecular complexity index is 332. The minimum absolute atomic E-state index is 0.0904. The van der Waals surface area contributed by atoms with Crippen LogP contribution in [0.4, 0.5) is 0 Å². The largest absolute Gasteiger partial charge is 0.323 e. The maximum atomic E-state index is 6.18. The van der Waals surface area contributed by atoms with E-state index in [-0.39, 0.29) is 6.04 Å². The summed E-state index contributed by atoms with van der Waals surface area (Å²) in [6, 6.07) is 10.4. The Hall–Kier alpha value is -0.860. The molecule has 0 aliphatic rings. The molecule has 2 heteroatoms. The zero-order valence-electron chi connectivity index (χ0n) is 12.8. The molecule has 0 aliphatic heterocycles. The van der Waals surface area contributed by atoms with Crippen LogP contribution >= 0.6 is 0 Å². The molecule has 0 spiro atoms. The molecule has 0 saturated carbocycles. The van der Waals surface area contributed by atoms with Gasteiger partial charge < -0.3 is 11.1 Å². The summed E-state index contributed by atoms with van der Waals surface area (Å²) < 4.78 is 0. The van der Waals surface area contributed by atoms with Crippen molar-refractivity contribution in [1.82, 2.24) is 5.32 Å². The van der Waals surface area contributed by atoms with Crippen LogP contribution in [0.2, 0.25) is 0 Å². The van der Waals surface area contributed by atoms with E-state index in [9.17, 15) is 0 Å². The first-order valence-electron chi connectivity index (χ1n) is 7.56. The zero-order chi connectivity index (χ0) is 14.1. The van der Waals surface area contributed by atoms with Crippen molar-refractivity contribution in [3.63, 3.8) is 0 Å². The Balaban J connectivity index is 2.25. The number of hydrogen-bond acceptors (Lipinski definition) is 2. The molecule has 1 atom stereocenters. The zero-order valence-corrected chi connectivity index (χ0v) is 12.8. The van der Waals surface area contributed by atoms with Crippen LogP contribution in [-0.2, 0) is 0 Å². The first kappa shape index (κ1) is 16.2. The van der Waals surface area contributed by atoms with Crippen molar-refractivity contribution < 1.29 is 0 Å². The highest BCUT2D eigenvalue weighted by Crippen LogP contribution is 2.22. The van der Waals surface area contributed by atoms with Gasteiger partial charge in [-0.2, -0.15) is 0 Å². The van der Waals surface area contributed by atoms with Gasteiger partial charge >= 0.3 is 0 Å². The summed E-state index contributed by atoms with van der Waals surface area (Å²) in [4.78, 5) is 0. The molecule has 0 saturated heterocycles. The Morgan fingerprint density at radius 1 is 1.16 bits per heavy atom. The number of hydrogen-bond donors (Lipinski definition) is 2. The van der Waals surface area contributed by atoms with Crippen LogP contribution in [-0.4, -0.2) is 13.1 Å². The van der Waals surface area contributed by atoms with Crippen molar-refractivity contribution in [2.75, 3.05) is 13.1 Å². The van der Waals surface area contributed by atoms with Crippen LogP contribution in [0.1, 0.15) is 58.1 Å². The molecule has 0 fully saturated rings. The first-order chi connectivity index (χ1) is 9.05. The van der Waals surface area contributed by atoms with Gasteiger partial charge in [-0.15, -0.1) is 0 Å². The summed E-state index contributed by atoms with van der Waals surface area (Å²) in [5.74, 6) is 0. The second kappa shape index (κ2) is 8.34. The van der Waals surface area contributed by atoms with Gasteiger partial charge in [0.2, 0.25) is 0 Å². The molecule has 0 aliphatic carbocycles. The molecule has 3 N–H and O–H groups in total. The fourth-order valence-corrected chi connectivity index (χ4v) is 2.33. The standard InChI is InChI=1S/C17H30N2/c1-4-5-9-12-17(2,3)14-19-13-16(18)15-10-7-6-8-11-15/h6-8,10-11,16,19H,4-5,9,12-14,18H2,1-3H3. The molecule has 0 bridgehead atoms. The smallest absolute Gasteiger partial charge is 0.0421 e. The van der Waals surface area contributed by atoms with E-state index in [1.165, 1.54) is 31.2 Å². The summed E-state index contributed by atoms with van der Waals surface area (Å²) in [7, 11) is 0. The molecule has 108 valence electrons. The molecule has 0 radical (unpaired) electrons. The lowest BCUT2D eigenvalue weighted by atomic mass is 9.87. The average Bonchev–Trinajstić information content (AvgIpc) is 2.39. The number of unbranched alkanes of at least 4 members (excludes halogenated alkanes) is 2. The Kier molecular flexibility index (Phi) is 7.11. The Labute approximate surface area is 118 Å². The van der Waals surface area contributed by atoms with E-state index in [2.05, 4.69) is 38.2 Å². The summed E-state index contributed by atoms with van der Waals surface area (Å²) in [6.45, 7) is 8.82. The van der Waals surface area contributed by atoms with Crippen LogP contribution in [0.15, 0.2) is 30.3 Å². The van der Waals surface area contributed by atoms with Crippen LogP contribution in [0.25, 0.3) is 0 Å². The maximum Gasteiger partial charge on any atom is 0.0421 e. The topological polar surface area (TPSA) is 38.0 Å². The van der Waals surface area contributed by atoms with Gasteiger partial charge in [0, 0.05) is 19.1 Å². The van der Waals surface area contributed by atoms with E-state index in [0.717, 1.165) is 13.1 Å². The quantitative estimate of drug-likeness (QED) is 0.663. The molecule has 1 aromatic carbocycles. The fraction of sp³-hybridized carbons (Fsp3) is 0.647. The third-order valence-electron chi connectivity index (χ3n) is 3.65.